The maximum Gasteiger partial charge on any atom is 0.211 e. The second kappa shape index (κ2) is 7.85. The van der Waals surface area contributed by atoms with Gasteiger partial charge in [0.2, 0.25) is 10.0 Å². The minimum absolute atomic E-state index is 0.0963. The van der Waals surface area contributed by atoms with E-state index in [1.807, 2.05) is 24.3 Å². The normalized spacial score (nSPS) is 11.7. The van der Waals surface area contributed by atoms with E-state index in [1.54, 1.807) is 0 Å². The van der Waals surface area contributed by atoms with Gasteiger partial charge in [-0.1, -0.05) is 28.1 Å². The lowest BCUT2D eigenvalue weighted by molar-refractivity contribution is 0.0458. The summed E-state index contributed by atoms with van der Waals surface area (Å²) in [5.41, 5.74) is 1.06. The van der Waals surface area contributed by atoms with Gasteiger partial charge in [0.1, 0.15) is 0 Å². The van der Waals surface area contributed by atoms with Crippen molar-refractivity contribution in [1.82, 2.24) is 0 Å². The largest absolute Gasteiger partial charge is 0.378 e. The summed E-state index contributed by atoms with van der Waals surface area (Å²) in [5.74, 6) is -0.168. The number of hydrogen-bond donors (Lipinski definition) is 1. The van der Waals surface area contributed by atoms with Crippen LogP contribution in [0, 0.1) is 0 Å². The van der Waals surface area contributed by atoms with E-state index in [-0.39, 0.29) is 12.4 Å². The molecule has 0 aromatic heterocycles. The zero-order valence-corrected chi connectivity index (χ0v) is 12.2. The fourth-order valence-corrected chi connectivity index (χ4v) is 2.01. The first-order chi connectivity index (χ1) is 8.47. The van der Waals surface area contributed by atoms with Crippen LogP contribution in [0.15, 0.2) is 28.7 Å². The van der Waals surface area contributed by atoms with Gasteiger partial charge in [0.25, 0.3) is 0 Å². The molecule has 0 aliphatic rings. The van der Waals surface area contributed by atoms with Crippen LogP contribution in [0.4, 0.5) is 0 Å². The van der Waals surface area contributed by atoms with Crippen LogP contribution in [-0.2, 0) is 26.1 Å². The van der Waals surface area contributed by atoms with Crippen molar-refractivity contribution in [3.05, 3.63) is 34.3 Å². The molecule has 18 heavy (non-hydrogen) atoms. The Morgan fingerprint density at radius 1 is 1.17 bits per heavy atom. The maximum atomic E-state index is 10.6. The topological polar surface area (TPSA) is 78.6 Å². The van der Waals surface area contributed by atoms with E-state index < -0.39 is 10.0 Å². The Hall–Kier alpha value is -0.470. The molecule has 0 bridgehead atoms. The van der Waals surface area contributed by atoms with Gasteiger partial charge in [-0.2, -0.15) is 0 Å². The second-order valence-corrected chi connectivity index (χ2v) is 6.31. The van der Waals surface area contributed by atoms with E-state index in [9.17, 15) is 8.42 Å². The Kier molecular flexibility index (Phi) is 6.80. The Bertz CT molecular complexity index is 464. The average molecular weight is 338 g/mol. The molecule has 0 saturated carbocycles. The molecule has 2 N–H and O–H groups in total. The van der Waals surface area contributed by atoms with Gasteiger partial charge in [0.05, 0.1) is 32.2 Å². The van der Waals surface area contributed by atoms with Crippen molar-refractivity contribution in [2.45, 2.75) is 6.61 Å². The number of hydrogen-bond acceptors (Lipinski definition) is 4. The first-order valence-electron chi connectivity index (χ1n) is 5.38. The van der Waals surface area contributed by atoms with Crippen LogP contribution in [0.25, 0.3) is 0 Å². The summed E-state index contributed by atoms with van der Waals surface area (Å²) in [6.45, 7) is 1.36. The molecule has 7 heteroatoms. The quantitative estimate of drug-likeness (QED) is 0.724. The zero-order valence-electron chi connectivity index (χ0n) is 9.84. The molecule has 0 spiro atoms. The summed E-state index contributed by atoms with van der Waals surface area (Å²) in [6.07, 6.45) is 0. The molecule has 0 unspecified atom stereocenters. The first kappa shape index (κ1) is 15.6. The lowest BCUT2D eigenvalue weighted by Gasteiger charge is -2.05. The van der Waals surface area contributed by atoms with Crippen molar-refractivity contribution in [3.8, 4) is 0 Å². The predicted octanol–water partition coefficient (Wildman–Crippen LogP) is 1.27. The van der Waals surface area contributed by atoms with E-state index in [0.29, 0.717) is 19.8 Å². The SMILES string of the molecule is NS(=O)(=O)CCOCCOCc1cccc(Br)c1. The summed E-state index contributed by atoms with van der Waals surface area (Å²) in [7, 11) is -3.44. The van der Waals surface area contributed by atoms with Gasteiger partial charge in [-0.25, -0.2) is 13.6 Å². The second-order valence-electron chi connectivity index (χ2n) is 3.66. The molecule has 0 heterocycles. The molecule has 1 aromatic carbocycles. The third-order valence-electron chi connectivity index (χ3n) is 2.04. The molecule has 1 rings (SSSR count). The number of nitrogens with two attached hydrogens (primary N) is 1. The maximum absolute atomic E-state index is 10.6. The average Bonchev–Trinajstić information content (AvgIpc) is 2.26. The summed E-state index contributed by atoms with van der Waals surface area (Å²) < 4.78 is 32.7. The van der Waals surface area contributed by atoms with Crippen LogP contribution in [0.1, 0.15) is 5.56 Å². The van der Waals surface area contributed by atoms with Gasteiger partial charge in [0, 0.05) is 4.47 Å². The monoisotopic (exact) mass is 337 g/mol. The van der Waals surface area contributed by atoms with E-state index >= 15 is 0 Å². The Morgan fingerprint density at radius 2 is 1.89 bits per heavy atom. The van der Waals surface area contributed by atoms with Gasteiger partial charge >= 0.3 is 0 Å². The van der Waals surface area contributed by atoms with Crippen molar-refractivity contribution in [1.29, 1.82) is 0 Å². The molecule has 102 valence electrons. The highest BCUT2D eigenvalue weighted by Crippen LogP contribution is 2.12. The smallest absolute Gasteiger partial charge is 0.211 e. The fourth-order valence-electron chi connectivity index (χ4n) is 1.21. The Balaban J connectivity index is 2.06. The first-order valence-corrected chi connectivity index (χ1v) is 7.88. The van der Waals surface area contributed by atoms with Gasteiger partial charge in [-0.05, 0) is 17.7 Å². The van der Waals surface area contributed by atoms with E-state index in [0.717, 1.165) is 10.0 Å². The highest BCUT2D eigenvalue weighted by atomic mass is 79.9. The van der Waals surface area contributed by atoms with Crippen molar-refractivity contribution < 1.29 is 17.9 Å². The van der Waals surface area contributed by atoms with Crippen LogP contribution in [0.3, 0.4) is 0 Å². The molecule has 5 nitrogen and oxygen atoms in total. The molecule has 0 saturated heterocycles. The van der Waals surface area contributed by atoms with Crippen molar-refractivity contribution in [2.75, 3.05) is 25.6 Å². The number of halogens is 1. The van der Waals surface area contributed by atoms with Crippen LogP contribution < -0.4 is 5.14 Å². The molecule has 0 atom stereocenters. The number of rotatable bonds is 8. The van der Waals surface area contributed by atoms with Gasteiger partial charge in [-0.3, -0.25) is 0 Å². The number of benzene rings is 1. The number of ether oxygens (including phenoxy) is 2. The minimum atomic E-state index is -3.44. The summed E-state index contributed by atoms with van der Waals surface area (Å²) in [6, 6.07) is 7.82. The molecule has 0 radical (unpaired) electrons. The molecular formula is C11H16BrNO4S. The molecular weight excluding hydrogens is 322 g/mol. The van der Waals surface area contributed by atoms with Crippen molar-refractivity contribution >= 4 is 26.0 Å². The number of primary sulfonamides is 1. The van der Waals surface area contributed by atoms with Crippen molar-refractivity contribution in [3.63, 3.8) is 0 Å². The Labute approximate surface area is 115 Å². The predicted molar refractivity (Wildman–Crippen MR) is 72.6 cm³/mol. The highest BCUT2D eigenvalue weighted by molar-refractivity contribution is 9.10. The third-order valence-corrected chi connectivity index (χ3v) is 3.27. The van der Waals surface area contributed by atoms with Crippen LogP contribution in [0.2, 0.25) is 0 Å². The van der Waals surface area contributed by atoms with Gasteiger partial charge < -0.3 is 9.47 Å². The van der Waals surface area contributed by atoms with E-state index in [4.69, 9.17) is 14.6 Å². The summed E-state index contributed by atoms with van der Waals surface area (Å²) in [5, 5.41) is 4.82. The lowest BCUT2D eigenvalue weighted by atomic mass is 10.2. The minimum Gasteiger partial charge on any atom is -0.378 e. The number of sulfonamides is 1. The van der Waals surface area contributed by atoms with E-state index in [1.165, 1.54) is 0 Å². The van der Waals surface area contributed by atoms with Gasteiger partial charge in [0.15, 0.2) is 0 Å². The third kappa shape index (κ3) is 7.78. The molecule has 0 aliphatic carbocycles. The molecule has 0 fully saturated rings. The lowest BCUT2D eigenvalue weighted by Crippen LogP contribution is -2.21. The molecule has 0 amide bonds. The van der Waals surface area contributed by atoms with Gasteiger partial charge in [-0.15, -0.1) is 0 Å². The standard InChI is InChI=1S/C11H16BrNO4S/c12-11-3-1-2-10(8-11)9-17-5-4-16-6-7-18(13,14)15/h1-3,8H,4-7,9H2,(H2,13,14,15). The Morgan fingerprint density at radius 3 is 2.56 bits per heavy atom. The molecule has 0 aliphatic heterocycles. The summed E-state index contributed by atoms with van der Waals surface area (Å²) in [4.78, 5) is 0. The van der Waals surface area contributed by atoms with Crippen molar-refractivity contribution in [2.24, 2.45) is 5.14 Å². The zero-order chi connectivity index (χ0) is 13.4. The highest BCUT2D eigenvalue weighted by Gasteiger charge is 2.01. The van der Waals surface area contributed by atoms with Crippen LogP contribution in [-0.4, -0.2) is 34.0 Å². The van der Waals surface area contributed by atoms with Crippen LogP contribution >= 0.6 is 15.9 Å². The van der Waals surface area contributed by atoms with E-state index in [2.05, 4.69) is 15.9 Å². The van der Waals surface area contributed by atoms with Crippen LogP contribution in [0.5, 0.6) is 0 Å². The fraction of sp³-hybridized carbons (Fsp3) is 0.455. The molecule has 1 aromatic rings. The summed E-state index contributed by atoms with van der Waals surface area (Å²) >= 11 is 3.37.